The monoisotopic (exact) mass is 904 g/mol. The van der Waals surface area contributed by atoms with E-state index >= 15 is 0 Å². The first-order valence-corrected chi connectivity index (χ1v) is 21.6. The van der Waals surface area contributed by atoms with Crippen LogP contribution in [0, 0.1) is 13.8 Å². The summed E-state index contributed by atoms with van der Waals surface area (Å²) in [6.45, 7) is 7.91. The predicted molar refractivity (Wildman–Crippen MR) is 255 cm³/mol. The Hall–Kier alpha value is -7.42. The summed E-state index contributed by atoms with van der Waals surface area (Å²) in [5, 5.41) is 9.46. The second-order valence-electron chi connectivity index (χ2n) is 15.3. The molecule has 1 atom stereocenters. The van der Waals surface area contributed by atoms with Crippen molar-refractivity contribution in [2.75, 3.05) is 30.4 Å². The van der Waals surface area contributed by atoms with Crippen molar-refractivity contribution in [3.63, 3.8) is 0 Å². The Morgan fingerprint density at radius 3 is 1.58 bits per heavy atom. The summed E-state index contributed by atoms with van der Waals surface area (Å²) in [7, 11) is 0. The number of ether oxygens (including phenoxy) is 4. The summed E-state index contributed by atoms with van der Waals surface area (Å²) in [6, 6.07) is 30.9. The van der Waals surface area contributed by atoms with E-state index in [1.54, 1.807) is 30.9 Å². The highest BCUT2D eigenvalue weighted by Crippen LogP contribution is 2.35. The number of aliphatic imine (C=N–C) groups is 2. The lowest BCUT2D eigenvalue weighted by Gasteiger charge is -2.12. The summed E-state index contributed by atoms with van der Waals surface area (Å²) in [5.74, 6) is 5.27. The van der Waals surface area contributed by atoms with Crippen molar-refractivity contribution in [3.05, 3.63) is 155 Å². The van der Waals surface area contributed by atoms with Gasteiger partial charge in [-0.2, -0.15) is 0 Å². The fourth-order valence-electron chi connectivity index (χ4n) is 6.98. The highest BCUT2D eigenvalue weighted by molar-refractivity contribution is 6.32. The minimum atomic E-state index is 0.208. The molecule has 10 rings (SSSR count). The second kappa shape index (κ2) is 19.5. The number of nitrogens with one attached hydrogen (secondary N) is 2. The lowest BCUT2D eigenvalue weighted by atomic mass is 10.1. The van der Waals surface area contributed by atoms with E-state index in [4.69, 9.17) is 42.1 Å². The number of hydrogen-bond donors (Lipinski definition) is 2. The van der Waals surface area contributed by atoms with Gasteiger partial charge in [-0.3, -0.25) is 15.0 Å². The molecule has 14 nitrogen and oxygen atoms in total. The number of pyridine rings is 2. The molecule has 1 unspecified atom stereocenters. The Bertz CT molecular complexity index is 3060. The first-order chi connectivity index (χ1) is 31.7. The van der Waals surface area contributed by atoms with E-state index < -0.39 is 0 Å². The van der Waals surface area contributed by atoms with Gasteiger partial charge in [0.05, 0.1) is 46.1 Å². The molecule has 8 aromatic rings. The molecular formula is C49H42Cl2N10O4. The van der Waals surface area contributed by atoms with Gasteiger partial charge in [0.1, 0.15) is 60.5 Å². The molecule has 0 spiro atoms. The van der Waals surface area contributed by atoms with Gasteiger partial charge in [-0.1, -0.05) is 35.3 Å². The molecule has 0 aliphatic carbocycles. The number of anilines is 4. The zero-order valence-corrected chi connectivity index (χ0v) is 37.1. The first kappa shape index (κ1) is 42.9. The van der Waals surface area contributed by atoms with Crippen LogP contribution in [0.5, 0.6) is 23.0 Å². The Morgan fingerprint density at radius 1 is 0.600 bits per heavy atom. The largest absolute Gasteiger partial charge is 0.479 e. The van der Waals surface area contributed by atoms with Crippen molar-refractivity contribution in [2.45, 2.75) is 39.7 Å². The molecular weight excluding hydrogens is 864 g/mol. The quantitative estimate of drug-likeness (QED) is 0.119. The molecule has 6 heterocycles. The Labute approximate surface area is 384 Å². The fourth-order valence-corrected chi connectivity index (χ4v) is 7.41. The molecule has 2 aliphatic heterocycles. The van der Waals surface area contributed by atoms with Crippen molar-refractivity contribution in [1.82, 2.24) is 29.9 Å². The third kappa shape index (κ3) is 10.9. The van der Waals surface area contributed by atoms with Gasteiger partial charge in [-0.05, 0) is 117 Å². The average molecular weight is 906 g/mol. The van der Waals surface area contributed by atoms with E-state index in [-0.39, 0.29) is 6.04 Å². The number of fused-ring (bicyclic) bond motifs is 2. The van der Waals surface area contributed by atoms with Crippen LogP contribution in [0.25, 0.3) is 21.8 Å². The summed E-state index contributed by atoms with van der Waals surface area (Å²) in [5.41, 5.74) is 7.29. The van der Waals surface area contributed by atoms with E-state index in [0.717, 1.165) is 74.0 Å². The van der Waals surface area contributed by atoms with Crippen molar-refractivity contribution >= 4 is 79.8 Å². The van der Waals surface area contributed by atoms with Crippen LogP contribution >= 0.6 is 23.2 Å². The van der Waals surface area contributed by atoms with Gasteiger partial charge < -0.3 is 29.6 Å². The van der Waals surface area contributed by atoms with Crippen LogP contribution < -0.4 is 20.1 Å². The smallest absolute Gasteiger partial charge is 0.188 e. The third-order valence-corrected chi connectivity index (χ3v) is 10.8. The van der Waals surface area contributed by atoms with E-state index in [0.29, 0.717) is 70.7 Å². The van der Waals surface area contributed by atoms with Gasteiger partial charge in [0.25, 0.3) is 0 Å². The van der Waals surface area contributed by atoms with E-state index in [1.165, 1.54) is 6.33 Å². The van der Waals surface area contributed by atoms with Gasteiger partial charge in [0.15, 0.2) is 11.8 Å². The van der Waals surface area contributed by atoms with Crippen molar-refractivity contribution in [3.8, 4) is 23.0 Å². The second-order valence-corrected chi connectivity index (χ2v) is 16.1. The van der Waals surface area contributed by atoms with Gasteiger partial charge in [-0.15, -0.1) is 0 Å². The number of rotatable bonds is 12. The summed E-state index contributed by atoms with van der Waals surface area (Å²) in [4.78, 5) is 35.0. The van der Waals surface area contributed by atoms with Gasteiger partial charge in [0.2, 0.25) is 0 Å². The number of hydrogen-bond acceptors (Lipinski definition) is 14. The summed E-state index contributed by atoms with van der Waals surface area (Å²) < 4.78 is 22.9. The zero-order chi connectivity index (χ0) is 44.7. The Balaban J connectivity index is 0.000000164. The van der Waals surface area contributed by atoms with Crippen LogP contribution in [0.15, 0.2) is 132 Å². The fraction of sp³-hybridized carbons (Fsp3) is 0.184. The third-order valence-electron chi connectivity index (χ3n) is 10.2. The highest BCUT2D eigenvalue weighted by atomic mass is 35.5. The van der Waals surface area contributed by atoms with Crippen LogP contribution in [-0.2, 0) is 22.3 Å². The van der Waals surface area contributed by atoms with E-state index in [9.17, 15) is 0 Å². The number of benzene rings is 4. The first-order valence-electron chi connectivity index (χ1n) is 20.8. The summed E-state index contributed by atoms with van der Waals surface area (Å²) in [6.07, 6.45) is 7.71. The van der Waals surface area contributed by atoms with E-state index in [1.807, 2.05) is 93.6 Å². The molecule has 0 saturated carbocycles. The molecule has 0 amide bonds. The molecule has 2 aliphatic rings. The maximum absolute atomic E-state index is 6.48. The van der Waals surface area contributed by atoms with Crippen LogP contribution in [-0.4, -0.2) is 67.5 Å². The van der Waals surface area contributed by atoms with Gasteiger partial charge >= 0.3 is 0 Å². The topological polar surface area (TPSA) is 163 Å². The molecule has 0 saturated heterocycles. The molecule has 4 aromatic heterocycles. The molecule has 0 bridgehead atoms. The lowest BCUT2D eigenvalue weighted by molar-refractivity contribution is 0.318. The minimum absolute atomic E-state index is 0.208. The SMILES string of the molecule is Cc1ccc(Oc2ccc(Nc3ncnc4ccc(CC5=NC(C)CO5)cc34)cc2Cl)cn1.Cc1ccc(Oc2ccc(Nc3ncnc4ccc(CC5=NCCO5)cc34)cc2Cl)cn1. The number of halogens is 2. The number of aromatic nitrogens is 6. The molecule has 65 heavy (non-hydrogen) atoms. The molecule has 326 valence electrons. The van der Waals surface area contributed by atoms with Crippen molar-refractivity contribution in [1.29, 1.82) is 0 Å². The van der Waals surface area contributed by atoms with E-state index in [2.05, 4.69) is 62.7 Å². The molecule has 0 fully saturated rings. The number of nitrogens with zero attached hydrogens (tertiary/aromatic N) is 8. The number of aryl methyl sites for hydroxylation is 2. The van der Waals surface area contributed by atoms with Crippen molar-refractivity contribution in [2.24, 2.45) is 9.98 Å². The van der Waals surface area contributed by atoms with Crippen LogP contribution in [0.3, 0.4) is 0 Å². The zero-order valence-electron chi connectivity index (χ0n) is 35.6. The van der Waals surface area contributed by atoms with Gasteiger partial charge in [-0.25, -0.2) is 24.9 Å². The summed E-state index contributed by atoms with van der Waals surface area (Å²) >= 11 is 13.0. The maximum atomic E-state index is 6.48. The Kier molecular flexibility index (Phi) is 12.9. The predicted octanol–water partition coefficient (Wildman–Crippen LogP) is 11.4. The molecule has 2 N–H and O–H groups in total. The standard InChI is InChI=1S/C25H22ClN5O2.C24H20ClN5O2/c1-15-3-6-19(12-27-15)33-23-8-5-18(11-21(23)26)31-25-20-9-17(4-7-22(20)28-14-29-25)10-24-30-16(2)13-32-24;1-15-2-5-18(13-27-15)32-22-7-4-17(12-20(22)25)30-24-19-10-16(11-23-26-8-9-31-23)3-6-21(19)28-14-29-24/h3-9,11-12,14,16H,10,13H2,1-2H3,(H,28,29,31);2-7,10,12-14H,8-9,11H2,1H3,(H,28,29,30). The van der Waals surface area contributed by atoms with Crippen LogP contribution in [0.2, 0.25) is 10.0 Å². The van der Waals surface area contributed by atoms with Crippen LogP contribution in [0.1, 0.15) is 29.4 Å². The maximum Gasteiger partial charge on any atom is 0.188 e. The molecule has 4 aromatic carbocycles. The average Bonchev–Trinajstić information content (AvgIpc) is 3.98. The normalized spacial score (nSPS) is 14.1. The van der Waals surface area contributed by atoms with Crippen LogP contribution in [0.4, 0.5) is 23.0 Å². The molecule has 16 heteroatoms. The van der Waals surface area contributed by atoms with Crippen molar-refractivity contribution < 1.29 is 18.9 Å². The highest BCUT2D eigenvalue weighted by Gasteiger charge is 2.16. The van der Waals surface area contributed by atoms with Gasteiger partial charge in [0, 0.05) is 46.4 Å². The minimum Gasteiger partial charge on any atom is -0.479 e. The Morgan fingerprint density at radius 2 is 1.14 bits per heavy atom. The lowest BCUT2D eigenvalue weighted by Crippen LogP contribution is -2.04. The molecule has 0 radical (unpaired) electrons.